The molecular formula is C30H38N4O6. The number of benzene rings is 2. The summed E-state index contributed by atoms with van der Waals surface area (Å²) in [6, 6.07) is 13.8. The molecule has 2 aromatic rings. The Morgan fingerprint density at radius 3 is 1.65 bits per heavy atom. The van der Waals surface area contributed by atoms with Crippen molar-refractivity contribution in [3.05, 3.63) is 84.4 Å². The van der Waals surface area contributed by atoms with Crippen LogP contribution in [0, 0.1) is 5.92 Å². The Bertz CT molecular complexity index is 1170. The van der Waals surface area contributed by atoms with E-state index in [-0.39, 0.29) is 25.2 Å². The zero-order valence-corrected chi connectivity index (χ0v) is 23.1. The minimum atomic E-state index is -1.20. The van der Waals surface area contributed by atoms with Gasteiger partial charge in [0.1, 0.15) is 24.2 Å². The predicted octanol–water partition coefficient (Wildman–Crippen LogP) is 1.75. The molecule has 5 N–H and O–H groups in total. The van der Waals surface area contributed by atoms with E-state index in [1.54, 1.807) is 30.3 Å². The van der Waals surface area contributed by atoms with Crippen molar-refractivity contribution in [1.82, 2.24) is 21.3 Å². The van der Waals surface area contributed by atoms with Crippen molar-refractivity contribution in [3.8, 4) is 0 Å². The minimum Gasteiger partial charge on any atom is -0.480 e. The van der Waals surface area contributed by atoms with Crippen LogP contribution >= 0.6 is 0 Å². The Balaban J connectivity index is 2.09. The SMILES string of the molecule is C=CC(=O)N[C@@H](Cc1ccccc1)C(=O)N[C@@H](CC(C)C)C(=O)N[C@@H](C)C(=O)N[C@@H](Cc1ccccc1)C(=O)O. The van der Waals surface area contributed by atoms with Crippen LogP contribution in [0.25, 0.3) is 0 Å². The third kappa shape index (κ3) is 10.7. The monoisotopic (exact) mass is 550 g/mol. The molecule has 4 amide bonds. The molecule has 0 unspecified atom stereocenters. The first-order valence-electron chi connectivity index (χ1n) is 13.1. The van der Waals surface area contributed by atoms with Gasteiger partial charge in [-0.1, -0.05) is 81.1 Å². The molecule has 10 heteroatoms. The molecule has 4 atom stereocenters. The van der Waals surface area contributed by atoms with Gasteiger partial charge in [-0.15, -0.1) is 0 Å². The van der Waals surface area contributed by atoms with Gasteiger partial charge in [0.2, 0.25) is 23.6 Å². The van der Waals surface area contributed by atoms with Crippen molar-refractivity contribution in [1.29, 1.82) is 0 Å². The lowest BCUT2D eigenvalue weighted by molar-refractivity contribution is -0.142. The third-order valence-electron chi connectivity index (χ3n) is 6.09. The summed E-state index contributed by atoms with van der Waals surface area (Å²) in [6.07, 6.45) is 1.60. The lowest BCUT2D eigenvalue weighted by Crippen LogP contribution is -2.57. The molecule has 0 saturated heterocycles. The second-order valence-electron chi connectivity index (χ2n) is 9.97. The normalized spacial score (nSPS) is 13.7. The Hall–Kier alpha value is -4.47. The fourth-order valence-corrected chi connectivity index (χ4v) is 3.99. The van der Waals surface area contributed by atoms with Gasteiger partial charge in [0.15, 0.2) is 0 Å². The number of aliphatic carboxylic acids is 1. The topological polar surface area (TPSA) is 154 Å². The van der Waals surface area contributed by atoms with Gasteiger partial charge >= 0.3 is 5.97 Å². The van der Waals surface area contributed by atoms with Crippen LogP contribution in [0.2, 0.25) is 0 Å². The molecule has 0 aliphatic carbocycles. The number of carboxylic acid groups (broad SMARTS) is 1. The van der Waals surface area contributed by atoms with Gasteiger partial charge in [-0.2, -0.15) is 0 Å². The molecule has 0 spiro atoms. The number of carbonyl (C=O) groups is 5. The lowest BCUT2D eigenvalue weighted by Gasteiger charge is -2.25. The van der Waals surface area contributed by atoms with E-state index in [1.807, 2.05) is 44.2 Å². The molecule has 0 fully saturated rings. The van der Waals surface area contributed by atoms with Crippen molar-refractivity contribution in [2.45, 2.75) is 64.2 Å². The molecule has 0 aliphatic heterocycles. The van der Waals surface area contributed by atoms with Crippen molar-refractivity contribution < 1.29 is 29.1 Å². The average Bonchev–Trinajstić information content (AvgIpc) is 2.92. The van der Waals surface area contributed by atoms with E-state index in [0.29, 0.717) is 0 Å². The summed E-state index contributed by atoms with van der Waals surface area (Å²) in [5, 5.41) is 19.9. The molecule has 0 heterocycles. The fourth-order valence-electron chi connectivity index (χ4n) is 3.99. The van der Waals surface area contributed by atoms with E-state index in [1.165, 1.54) is 6.92 Å². The maximum absolute atomic E-state index is 13.2. The van der Waals surface area contributed by atoms with Crippen LogP contribution < -0.4 is 21.3 Å². The number of hydrogen-bond donors (Lipinski definition) is 5. The summed E-state index contributed by atoms with van der Waals surface area (Å²) in [5.74, 6) is -3.57. The Morgan fingerprint density at radius 2 is 1.18 bits per heavy atom. The van der Waals surface area contributed by atoms with Gasteiger partial charge in [-0.25, -0.2) is 4.79 Å². The third-order valence-corrected chi connectivity index (χ3v) is 6.09. The van der Waals surface area contributed by atoms with E-state index < -0.39 is 53.8 Å². The maximum Gasteiger partial charge on any atom is 0.326 e. The summed E-state index contributed by atoms with van der Waals surface area (Å²) < 4.78 is 0. The van der Waals surface area contributed by atoms with E-state index in [9.17, 15) is 29.1 Å². The lowest BCUT2D eigenvalue weighted by atomic mass is 10.0. The molecule has 0 radical (unpaired) electrons. The number of rotatable bonds is 15. The number of nitrogens with one attached hydrogen (secondary N) is 4. The van der Waals surface area contributed by atoms with Crippen LogP contribution in [0.15, 0.2) is 73.3 Å². The Kier molecular flexibility index (Phi) is 12.6. The van der Waals surface area contributed by atoms with Crippen LogP contribution in [-0.2, 0) is 36.8 Å². The first-order chi connectivity index (χ1) is 19.0. The summed E-state index contributed by atoms with van der Waals surface area (Å²) >= 11 is 0. The summed E-state index contributed by atoms with van der Waals surface area (Å²) in [7, 11) is 0. The standard InChI is InChI=1S/C30H38N4O6/c1-5-26(35)32-24(17-21-12-8-6-9-13-21)29(38)33-23(16-19(2)3)28(37)31-20(4)27(36)34-25(30(39)40)18-22-14-10-7-11-15-22/h5-15,19-20,23-25H,1,16-18H2,2-4H3,(H,31,37)(H,32,35)(H,33,38)(H,34,36)(H,39,40)/t20-,23-,24-,25-/m0/s1. The second kappa shape index (κ2) is 15.8. The molecule has 40 heavy (non-hydrogen) atoms. The van der Waals surface area contributed by atoms with Crippen molar-refractivity contribution in [2.24, 2.45) is 5.92 Å². The number of carbonyl (C=O) groups excluding carboxylic acids is 4. The molecule has 10 nitrogen and oxygen atoms in total. The number of carboxylic acids is 1. The molecule has 2 rings (SSSR count). The summed E-state index contributed by atoms with van der Waals surface area (Å²) in [6.45, 7) is 8.62. The maximum atomic E-state index is 13.2. The summed E-state index contributed by atoms with van der Waals surface area (Å²) in [5.41, 5.74) is 1.55. The fraction of sp³-hybridized carbons (Fsp3) is 0.367. The largest absolute Gasteiger partial charge is 0.480 e. The van der Waals surface area contributed by atoms with Crippen molar-refractivity contribution in [3.63, 3.8) is 0 Å². The predicted molar refractivity (Wildman–Crippen MR) is 151 cm³/mol. The zero-order valence-electron chi connectivity index (χ0n) is 23.1. The highest BCUT2D eigenvalue weighted by Gasteiger charge is 2.30. The highest BCUT2D eigenvalue weighted by atomic mass is 16.4. The quantitative estimate of drug-likeness (QED) is 0.213. The molecule has 2 aromatic carbocycles. The molecule has 214 valence electrons. The molecule has 0 bridgehead atoms. The second-order valence-corrected chi connectivity index (χ2v) is 9.97. The van der Waals surface area contributed by atoms with Crippen LogP contribution in [0.3, 0.4) is 0 Å². The highest BCUT2D eigenvalue weighted by Crippen LogP contribution is 2.09. The van der Waals surface area contributed by atoms with Gasteiger partial charge in [-0.05, 0) is 36.5 Å². The Morgan fingerprint density at radius 1 is 0.700 bits per heavy atom. The van der Waals surface area contributed by atoms with Gasteiger partial charge < -0.3 is 26.4 Å². The van der Waals surface area contributed by atoms with Crippen LogP contribution in [0.1, 0.15) is 38.3 Å². The smallest absolute Gasteiger partial charge is 0.326 e. The minimum absolute atomic E-state index is 0.0118. The van der Waals surface area contributed by atoms with E-state index in [0.717, 1.165) is 17.2 Å². The highest BCUT2D eigenvalue weighted by molar-refractivity contribution is 5.96. The van der Waals surface area contributed by atoms with E-state index >= 15 is 0 Å². The molecule has 0 saturated carbocycles. The van der Waals surface area contributed by atoms with Crippen LogP contribution in [0.4, 0.5) is 0 Å². The van der Waals surface area contributed by atoms with E-state index in [2.05, 4.69) is 27.8 Å². The molecular weight excluding hydrogens is 512 g/mol. The van der Waals surface area contributed by atoms with Crippen molar-refractivity contribution >= 4 is 29.6 Å². The average molecular weight is 551 g/mol. The summed E-state index contributed by atoms with van der Waals surface area (Å²) in [4.78, 5) is 62.9. The number of hydrogen-bond acceptors (Lipinski definition) is 5. The van der Waals surface area contributed by atoms with Crippen LogP contribution in [0.5, 0.6) is 0 Å². The van der Waals surface area contributed by atoms with Crippen LogP contribution in [-0.4, -0.2) is 58.9 Å². The molecule has 0 aliphatic rings. The first kappa shape index (κ1) is 31.7. The van der Waals surface area contributed by atoms with Gasteiger partial charge in [0, 0.05) is 12.8 Å². The van der Waals surface area contributed by atoms with Gasteiger partial charge in [-0.3, -0.25) is 19.2 Å². The molecule has 0 aromatic heterocycles. The van der Waals surface area contributed by atoms with Gasteiger partial charge in [0.25, 0.3) is 0 Å². The van der Waals surface area contributed by atoms with E-state index in [4.69, 9.17) is 0 Å². The number of amides is 4. The van der Waals surface area contributed by atoms with Gasteiger partial charge in [0.05, 0.1) is 0 Å². The zero-order chi connectivity index (χ0) is 29.7. The Labute approximate surface area is 234 Å². The van der Waals surface area contributed by atoms with Crippen molar-refractivity contribution in [2.75, 3.05) is 0 Å². The first-order valence-corrected chi connectivity index (χ1v) is 13.1.